The summed E-state index contributed by atoms with van der Waals surface area (Å²) in [4.78, 5) is -0.275. The Morgan fingerprint density at radius 1 is 0.793 bits per heavy atom. The van der Waals surface area contributed by atoms with Gasteiger partial charge < -0.3 is 4.74 Å². The molecule has 0 aromatic heterocycles. The lowest BCUT2D eigenvalue weighted by molar-refractivity contribution is 0.410. The number of aryl methyl sites for hydroxylation is 1. The molecule has 29 heavy (non-hydrogen) atoms. The van der Waals surface area contributed by atoms with Gasteiger partial charge in [-0.05, 0) is 41.8 Å². The van der Waals surface area contributed by atoms with Crippen LogP contribution in [0.1, 0.15) is 5.56 Å². The predicted octanol–water partition coefficient (Wildman–Crippen LogP) is 4.54. The van der Waals surface area contributed by atoms with E-state index in [1.807, 2.05) is 0 Å². The Morgan fingerprint density at radius 3 is 1.76 bits per heavy atom. The van der Waals surface area contributed by atoms with Crippen LogP contribution >= 0.6 is 0 Å². The molecule has 0 bridgehead atoms. The lowest BCUT2D eigenvalue weighted by Crippen LogP contribution is -2.11. The molecule has 0 aliphatic rings. The van der Waals surface area contributed by atoms with Crippen molar-refractivity contribution in [2.45, 2.75) is 11.8 Å². The zero-order valence-corrected chi connectivity index (χ0v) is 16.1. The van der Waals surface area contributed by atoms with Crippen molar-refractivity contribution in [2.75, 3.05) is 7.11 Å². The monoisotopic (exact) mass is 425 g/mol. The van der Waals surface area contributed by atoms with Crippen molar-refractivity contribution in [3.05, 3.63) is 71.3 Å². The minimum atomic E-state index is -4.03. The summed E-state index contributed by atoms with van der Waals surface area (Å²) in [7, 11) is -2.65. The maximum atomic E-state index is 14.7. The van der Waals surface area contributed by atoms with Crippen molar-refractivity contribution in [2.24, 2.45) is 5.14 Å². The maximum Gasteiger partial charge on any atom is 0.238 e. The zero-order chi connectivity index (χ0) is 21.5. The second-order valence-corrected chi connectivity index (χ2v) is 7.82. The predicted molar refractivity (Wildman–Crippen MR) is 99.8 cm³/mol. The van der Waals surface area contributed by atoms with E-state index in [4.69, 9.17) is 9.88 Å². The van der Waals surface area contributed by atoms with Gasteiger partial charge >= 0.3 is 0 Å². The van der Waals surface area contributed by atoms with Crippen LogP contribution in [0, 0.1) is 30.2 Å². The van der Waals surface area contributed by atoms with Crippen LogP contribution in [-0.4, -0.2) is 15.5 Å². The Balaban J connectivity index is 2.35. The molecule has 0 heterocycles. The number of sulfonamides is 1. The van der Waals surface area contributed by atoms with Gasteiger partial charge in [-0.15, -0.1) is 0 Å². The van der Waals surface area contributed by atoms with Gasteiger partial charge in [0.15, 0.2) is 23.3 Å². The summed E-state index contributed by atoms with van der Waals surface area (Å²) in [6.45, 7) is 1.72. The molecular weight excluding hydrogens is 410 g/mol. The third kappa shape index (κ3) is 3.70. The molecule has 0 aliphatic carbocycles. The second kappa shape index (κ2) is 7.49. The summed E-state index contributed by atoms with van der Waals surface area (Å²) in [5, 5.41) is 5.03. The van der Waals surface area contributed by atoms with Gasteiger partial charge in [-0.25, -0.2) is 31.1 Å². The topological polar surface area (TPSA) is 69.4 Å². The third-order valence-electron chi connectivity index (χ3n) is 4.44. The summed E-state index contributed by atoms with van der Waals surface area (Å²) in [6.07, 6.45) is 0. The number of nitrogens with two attached hydrogens (primary N) is 1. The summed E-state index contributed by atoms with van der Waals surface area (Å²) in [5.74, 6) is -6.79. The fraction of sp³-hybridized carbons (Fsp3) is 0.100. The highest BCUT2D eigenvalue weighted by Gasteiger charge is 2.27. The van der Waals surface area contributed by atoms with Crippen LogP contribution in [-0.2, 0) is 10.0 Å². The van der Waals surface area contributed by atoms with Gasteiger partial charge in [0.2, 0.25) is 10.0 Å². The molecule has 0 spiro atoms. The van der Waals surface area contributed by atoms with Crippen molar-refractivity contribution in [1.29, 1.82) is 0 Å². The number of hydrogen-bond donors (Lipinski definition) is 1. The number of primary sulfonamides is 1. The Labute approximate surface area is 164 Å². The average molecular weight is 425 g/mol. The summed E-state index contributed by atoms with van der Waals surface area (Å²) >= 11 is 0. The summed E-state index contributed by atoms with van der Waals surface area (Å²) in [5.41, 5.74) is -0.411. The molecule has 0 atom stereocenters. The molecule has 0 saturated carbocycles. The molecule has 0 saturated heterocycles. The van der Waals surface area contributed by atoms with Gasteiger partial charge in [0.05, 0.1) is 12.0 Å². The van der Waals surface area contributed by atoms with Crippen LogP contribution < -0.4 is 9.88 Å². The van der Waals surface area contributed by atoms with Crippen molar-refractivity contribution < 1.29 is 30.7 Å². The molecule has 2 N–H and O–H groups in total. The fourth-order valence-electron chi connectivity index (χ4n) is 2.96. The molecule has 0 radical (unpaired) electrons. The molecule has 0 amide bonds. The van der Waals surface area contributed by atoms with Crippen molar-refractivity contribution in [3.8, 4) is 28.0 Å². The van der Waals surface area contributed by atoms with Crippen LogP contribution in [0.25, 0.3) is 22.3 Å². The number of benzene rings is 3. The van der Waals surface area contributed by atoms with Crippen LogP contribution in [0.2, 0.25) is 0 Å². The first-order valence-electron chi connectivity index (χ1n) is 8.20. The van der Waals surface area contributed by atoms with E-state index in [1.54, 1.807) is 13.0 Å². The Morgan fingerprint density at radius 2 is 1.28 bits per heavy atom. The number of ether oxygens (including phenoxy) is 1. The number of halogens is 4. The van der Waals surface area contributed by atoms with E-state index in [-0.39, 0.29) is 16.0 Å². The first-order chi connectivity index (χ1) is 13.6. The normalized spacial score (nSPS) is 11.6. The molecule has 4 nitrogen and oxygen atoms in total. The number of hydrogen-bond acceptors (Lipinski definition) is 3. The Bertz CT molecular complexity index is 1210. The van der Waals surface area contributed by atoms with Crippen LogP contribution in [0.15, 0.2) is 47.4 Å². The lowest BCUT2D eigenvalue weighted by atomic mass is 9.92. The van der Waals surface area contributed by atoms with E-state index in [0.29, 0.717) is 11.3 Å². The van der Waals surface area contributed by atoms with Crippen LogP contribution in [0.4, 0.5) is 17.6 Å². The highest BCUT2D eigenvalue weighted by Crippen LogP contribution is 2.40. The Hall–Kier alpha value is -2.91. The number of rotatable bonds is 4. The summed E-state index contributed by atoms with van der Waals surface area (Å²) < 4.78 is 85.4. The SMILES string of the molecule is COc1cc(-c2c(F)c(F)c(F)c(F)c2-c2ccc(S(N)(=O)=O)cc2)ccc1C. The average Bonchev–Trinajstić information content (AvgIpc) is 2.69. The molecule has 9 heteroatoms. The molecular formula is C20H15F4NO3S. The first-order valence-corrected chi connectivity index (χ1v) is 9.75. The van der Waals surface area contributed by atoms with E-state index in [2.05, 4.69) is 0 Å². The van der Waals surface area contributed by atoms with Gasteiger partial charge in [0.25, 0.3) is 0 Å². The highest BCUT2D eigenvalue weighted by atomic mass is 32.2. The fourth-order valence-corrected chi connectivity index (χ4v) is 3.48. The first kappa shape index (κ1) is 20.8. The molecule has 3 rings (SSSR count). The molecule has 3 aromatic carbocycles. The highest BCUT2D eigenvalue weighted by molar-refractivity contribution is 7.89. The second-order valence-electron chi connectivity index (χ2n) is 6.26. The van der Waals surface area contributed by atoms with Crippen LogP contribution in [0.3, 0.4) is 0 Å². The Kier molecular flexibility index (Phi) is 5.38. The van der Waals surface area contributed by atoms with E-state index >= 15 is 0 Å². The van der Waals surface area contributed by atoms with Gasteiger partial charge in [-0.2, -0.15) is 0 Å². The van der Waals surface area contributed by atoms with Crippen molar-refractivity contribution in [1.82, 2.24) is 0 Å². The quantitative estimate of drug-likeness (QED) is 0.379. The van der Waals surface area contributed by atoms with E-state index in [1.165, 1.54) is 19.2 Å². The molecule has 3 aromatic rings. The summed E-state index contributed by atoms with van der Waals surface area (Å²) in [6, 6.07) is 8.71. The minimum Gasteiger partial charge on any atom is -0.496 e. The molecule has 152 valence electrons. The van der Waals surface area contributed by atoms with Gasteiger partial charge in [0.1, 0.15) is 5.75 Å². The zero-order valence-electron chi connectivity index (χ0n) is 15.3. The van der Waals surface area contributed by atoms with Gasteiger partial charge in [0, 0.05) is 11.1 Å². The number of methoxy groups -OCH3 is 1. The molecule has 0 aliphatic heterocycles. The van der Waals surface area contributed by atoms with E-state index < -0.39 is 44.4 Å². The largest absolute Gasteiger partial charge is 0.496 e. The van der Waals surface area contributed by atoms with E-state index in [0.717, 1.165) is 24.3 Å². The third-order valence-corrected chi connectivity index (χ3v) is 5.36. The smallest absolute Gasteiger partial charge is 0.238 e. The molecule has 0 fully saturated rings. The molecule has 0 unspecified atom stereocenters. The van der Waals surface area contributed by atoms with Crippen molar-refractivity contribution >= 4 is 10.0 Å². The van der Waals surface area contributed by atoms with E-state index in [9.17, 15) is 26.0 Å². The standard InChI is InChI=1S/C20H15F4NO3S/c1-10-3-4-12(9-14(10)28-2)16-15(17(21)19(23)20(24)18(16)22)11-5-7-13(8-6-11)29(25,26)27/h3-9H,1-2H3,(H2,25,26,27). The lowest BCUT2D eigenvalue weighted by Gasteiger charge is -2.16. The van der Waals surface area contributed by atoms with Crippen LogP contribution in [0.5, 0.6) is 5.75 Å². The minimum absolute atomic E-state index is 0.0493. The van der Waals surface area contributed by atoms with Crippen molar-refractivity contribution in [3.63, 3.8) is 0 Å². The van der Waals surface area contributed by atoms with Gasteiger partial charge in [-0.3, -0.25) is 0 Å². The van der Waals surface area contributed by atoms with Gasteiger partial charge in [-0.1, -0.05) is 24.3 Å². The maximum absolute atomic E-state index is 14.7.